The molecule has 0 amide bonds. The molecule has 524 valence electrons. The van der Waals surface area contributed by atoms with Crippen LogP contribution in [0.1, 0.15) is 412 Å². The molecule has 0 heterocycles. The maximum atomic E-state index is 12.8. The molecule has 0 aromatic heterocycles. The minimum atomic E-state index is -4.39. The Kier molecular flexibility index (Phi) is 73.3. The molecule has 0 aliphatic carbocycles. The molecule has 0 aliphatic heterocycles. The van der Waals surface area contributed by atoms with Crippen LogP contribution < -0.4 is 5.73 Å². The van der Waals surface area contributed by atoms with E-state index in [1.807, 2.05) is 0 Å². The van der Waals surface area contributed by atoms with Gasteiger partial charge in [0.05, 0.1) is 13.2 Å². The first-order chi connectivity index (χ1) is 43.8. The number of hydrogen-bond donors (Lipinski definition) is 2. The molecule has 0 fully saturated rings. The smallest absolute Gasteiger partial charge is 0.462 e. The van der Waals surface area contributed by atoms with Crippen molar-refractivity contribution >= 4 is 19.8 Å². The highest BCUT2D eigenvalue weighted by molar-refractivity contribution is 7.47. The molecule has 10 heteroatoms. The van der Waals surface area contributed by atoms with Gasteiger partial charge in [0.1, 0.15) is 6.61 Å². The lowest BCUT2D eigenvalue weighted by molar-refractivity contribution is -0.161. The molecule has 0 radical (unpaired) electrons. The number of ether oxygens (including phenoxy) is 2. The van der Waals surface area contributed by atoms with Gasteiger partial charge in [0.2, 0.25) is 0 Å². The Labute approximate surface area is 553 Å². The van der Waals surface area contributed by atoms with Crippen LogP contribution in [-0.2, 0) is 32.7 Å². The average molecular weight is 1270 g/mol. The quantitative estimate of drug-likeness (QED) is 0.0264. The summed E-state index contributed by atoms with van der Waals surface area (Å²) in [5, 5.41) is 0. The van der Waals surface area contributed by atoms with Crippen molar-refractivity contribution in [1.29, 1.82) is 0 Å². The number of rotatable bonds is 75. The van der Waals surface area contributed by atoms with Gasteiger partial charge >= 0.3 is 19.8 Å². The molecule has 0 saturated heterocycles. The summed E-state index contributed by atoms with van der Waals surface area (Å²) < 4.78 is 33.3. The highest BCUT2D eigenvalue weighted by atomic mass is 31.2. The zero-order chi connectivity index (χ0) is 64.4. The molecule has 9 nitrogen and oxygen atoms in total. The molecule has 0 saturated carbocycles. The zero-order valence-corrected chi connectivity index (χ0v) is 60.1. The Bertz CT molecular complexity index is 1600. The zero-order valence-electron chi connectivity index (χ0n) is 59.2. The summed E-state index contributed by atoms with van der Waals surface area (Å²) in [5.41, 5.74) is 5.41. The first kappa shape index (κ1) is 87.0. The van der Waals surface area contributed by atoms with Crippen LogP contribution in [0.3, 0.4) is 0 Å². The Morgan fingerprint density at radius 3 is 0.854 bits per heavy atom. The molecular weight excluding hydrogens is 1120 g/mol. The van der Waals surface area contributed by atoms with E-state index in [4.69, 9.17) is 24.3 Å². The van der Waals surface area contributed by atoms with Gasteiger partial charge in [-0.3, -0.25) is 18.6 Å². The summed E-state index contributed by atoms with van der Waals surface area (Å²) in [6, 6.07) is 0. The van der Waals surface area contributed by atoms with Gasteiger partial charge in [0.25, 0.3) is 0 Å². The SMILES string of the molecule is CCCCCCC/C=C\C/C=C\CCCCCCCCCCCCCCCCCCCCCCCCCC(=O)OC(COC(=O)CCCCCCCCCCCCCCCCCCCCCCC/C=C\C/C=C\CCCCCCC)COP(=O)(O)OCCN. The number of carbonyl (C=O) groups excluding carboxylic acids is 2. The lowest BCUT2D eigenvalue weighted by Crippen LogP contribution is -2.29. The fraction of sp³-hybridized carbons (Fsp3) is 0.873. The summed E-state index contributed by atoms with van der Waals surface area (Å²) in [4.78, 5) is 35.4. The van der Waals surface area contributed by atoms with Crippen LogP contribution in [0.2, 0.25) is 0 Å². The van der Waals surface area contributed by atoms with Crippen molar-refractivity contribution in [2.24, 2.45) is 5.73 Å². The van der Waals surface area contributed by atoms with Gasteiger partial charge in [-0.1, -0.05) is 371 Å². The second-order valence-electron chi connectivity index (χ2n) is 26.6. The number of unbranched alkanes of at least 4 members (excludes halogenated alkanes) is 54. The van der Waals surface area contributed by atoms with Crippen molar-refractivity contribution in [1.82, 2.24) is 0 Å². The third kappa shape index (κ3) is 74.9. The number of allylic oxidation sites excluding steroid dienone is 8. The van der Waals surface area contributed by atoms with Gasteiger partial charge < -0.3 is 20.1 Å². The Morgan fingerprint density at radius 2 is 0.584 bits per heavy atom. The van der Waals surface area contributed by atoms with Gasteiger partial charge in [-0.05, 0) is 77.0 Å². The molecule has 89 heavy (non-hydrogen) atoms. The normalized spacial score (nSPS) is 13.1. The van der Waals surface area contributed by atoms with E-state index in [9.17, 15) is 19.0 Å². The maximum absolute atomic E-state index is 12.8. The monoisotopic (exact) mass is 1270 g/mol. The summed E-state index contributed by atoms with van der Waals surface area (Å²) in [6.07, 6.45) is 96.7. The molecule has 2 atom stereocenters. The average Bonchev–Trinajstić information content (AvgIpc) is 3.66. The van der Waals surface area contributed by atoms with Crippen LogP contribution in [-0.4, -0.2) is 49.3 Å². The standard InChI is InChI=1S/C79H150NO8P/c1-3-5-7-9-11-13-15-17-19-21-23-25-27-29-31-33-35-37-38-40-42-44-46-48-50-52-54-56-58-60-62-64-66-68-70-72-79(82)88-77(76-87-89(83,84)86-74-73-80)75-85-78(81)71-69-67-65-63-61-59-57-55-53-51-49-47-45-43-41-39-36-34-32-30-28-26-24-22-20-18-16-14-12-10-8-6-4-2/h15-18,21-24,77H,3-14,19-20,25-76,80H2,1-2H3,(H,83,84)/b17-15-,18-16-,23-21-,24-22-. The predicted molar refractivity (Wildman–Crippen MR) is 386 cm³/mol. The van der Waals surface area contributed by atoms with Gasteiger partial charge in [-0.2, -0.15) is 0 Å². The van der Waals surface area contributed by atoms with Gasteiger partial charge in [0, 0.05) is 19.4 Å². The fourth-order valence-corrected chi connectivity index (χ4v) is 12.6. The first-order valence-corrected chi connectivity index (χ1v) is 40.6. The Morgan fingerprint density at radius 1 is 0.337 bits per heavy atom. The lowest BCUT2D eigenvalue weighted by atomic mass is 10.0. The molecule has 0 rings (SSSR count). The minimum Gasteiger partial charge on any atom is -0.462 e. The van der Waals surface area contributed by atoms with Gasteiger partial charge in [-0.25, -0.2) is 4.57 Å². The van der Waals surface area contributed by atoms with E-state index in [1.165, 1.54) is 334 Å². The van der Waals surface area contributed by atoms with E-state index in [1.54, 1.807) is 0 Å². The number of esters is 2. The van der Waals surface area contributed by atoms with E-state index in [-0.39, 0.29) is 38.6 Å². The van der Waals surface area contributed by atoms with Crippen molar-refractivity contribution in [2.75, 3.05) is 26.4 Å². The highest BCUT2D eigenvalue weighted by Gasteiger charge is 2.26. The molecule has 3 N–H and O–H groups in total. The van der Waals surface area contributed by atoms with Crippen molar-refractivity contribution in [3.63, 3.8) is 0 Å². The summed E-state index contributed by atoms with van der Waals surface area (Å²) in [7, 11) is -4.39. The number of phosphoric acid groups is 1. The van der Waals surface area contributed by atoms with Crippen LogP contribution >= 0.6 is 7.82 Å². The van der Waals surface area contributed by atoms with Crippen LogP contribution in [0.4, 0.5) is 0 Å². The van der Waals surface area contributed by atoms with Crippen molar-refractivity contribution in [3.8, 4) is 0 Å². The van der Waals surface area contributed by atoms with E-state index in [0.29, 0.717) is 6.42 Å². The molecule has 0 aromatic rings. The topological polar surface area (TPSA) is 134 Å². The van der Waals surface area contributed by atoms with Crippen LogP contribution in [0.15, 0.2) is 48.6 Å². The lowest BCUT2D eigenvalue weighted by Gasteiger charge is -2.19. The maximum Gasteiger partial charge on any atom is 0.472 e. The molecule has 2 unspecified atom stereocenters. The molecule has 0 aliphatic rings. The van der Waals surface area contributed by atoms with E-state index in [0.717, 1.165) is 44.9 Å². The largest absolute Gasteiger partial charge is 0.472 e. The van der Waals surface area contributed by atoms with Gasteiger partial charge in [0.15, 0.2) is 6.10 Å². The Balaban J connectivity index is 3.77. The van der Waals surface area contributed by atoms with Crippen molar-refractivity contribution < 1.29 is 37.6 Å². The second kappa shape index (κ2) is 75.0. The number of phosphoric ester groups is 1. The summed E-state index contributed by atoms with van der Waals surface area (Å²) in [6.45, 7) is 3.80. The predicted octanol–water partition coefficient (Wildman–Crippen LogP) is 26.0. The van der Waals surface area contributed by atoms with E-state index in [2.05, 4.69) is 62.5 Å². The van der Waals surface area contributed by atoms with Crippen LogP contribution in [0.5, 0.6) is 0 Å². The Hall–Kier alpha value is -2.03. The van der Waals surface area contributed by atoms with E-state index >= 15 is 0 Å². The van der Waals surface area contributed by atoms with Crippen molar-refractivity contribution in [2.45, 2.75) is 418 Å². The highest BCUT2D eigenvalue weighted by Crippen LogP contribution is 2.43. The fourth-order valence-electron chi connectivity index (χ4n) is 11.9. The molecule has 0 bridgehead atoms. The number of carbonyl (C=O) groups is 2. The first-order valence-electron chi connectivity index (χ1n) is 39.1. The van der Waals surface area contributed by atoms with Crippen LogP contribution in [0, 0.1) is 0 Å². The number of nitrogens with two attached hydrogens (primary N) is 1. The third-order valence-electron chi connectivity index (χ3n) is 17.7. The number of hydrogen-bond acceptors (Lipinski definition) is 8. The van der Waals surface area contributed by atoms with Crippen molar-refractivity contribution in [3.05, 3.63) is 48.6 Å². The van der Waals surface area contributed by atoms with E-state index < -0.39 is 26.5 Å². The molecule has 0 spiro atoms. The van der Waals surface area contributed by atoms with Crippen LogP contribution in [0.25, 0.3) is 0 Å². The second-order valence-corrected chi connectivity index (χ2v) is 28.0. The molecule has 0 aromatic carbocycles. The molecular formula is C79H150NO8P. The van der Waals surface area contributed by atoms with Gasteiger partial charge in [-0.15, -0.1) is 0 Å². The minimum absolute atomic E-state index is 0.0560. The summed E-state index contributed by atoms with van der Waals surface area (Å²) in [5.74, 6) is -0.803. The summed E-state index contributed by atoms with van der Waals surface area (Å²) >= 11 is 0. The third-order valence-corrected chi connectivity index (χ3v) is 18.7.